The van der Waals surface area contributed by atoms with E-state index in [1.54, 1.807) is 6.07 Å². The van der Waals surface area contributed by atoms with Crippen molar-refractivity contribution in [3.8, 4) is 0 Å². The van der Waals surface area contributed by atoms with Crippen LogP contribution in [0.2, 0.25) is 0 Å². The van der Waals surface area contributed by atoms with E-state index in [0.29, 0.717) is 10.9 Å². The van der Waals surface area contributed by atoms with Crippen LogP contribution in [-0.2, 0) is 6.42 Å². The standard InChI is InChI=1S/C12H15BrFNO/c13-12-8(2-1-3-10(12)14)6-9-7-15-5-4-11(9)16/h1-3,9,11,15-16H,4-7H2. The SMILES string of the molecule is OC1CCNCC1Cc1cccc(F)c1Br. The summed E-state index contributed by atoms with van der Waals surface area (Å²) in [5.74, 6) is -0.0670. The Morgan fingerprint density at radius 3 is 3.06 bits per heavy atom. The lowest BCUT2D eigenvalue weighted by molar-refractivity contribution is 0.0790. The Hall–Kier alpha value is -0.450. The highest BCUT2D eigenvalue weighted by molar-refractivity contribution is 9.10. The molecule has 2 N–H and O–H groups in total. The molecule has 0 amide bonds. The maximum Gasteiger partial charge on any atom is 0.137 e. The zero-order valence-electron chi connectivity index (χ0n) is 8.92. The molecule has 0 saturated carbocycles. The van der Waals surface area contributed by atoms with Crippen LogP contribution >= 0.6 is 15.9 Å². The molecule has 88 valence electrons. The maximum atomic E-state index is 13.3. The quantitative estimate of drug-likeness (QED) is 0.873. The van der Waals surface area contributed by atoms with Gasteiger partial charge in [0.1, 0.15) is 5.82 Å². The Labute approximate surface area is 103 Å². The van der Waals surface area contributed by atoms with Gasteiger partial charge >= 0.3 is 0 Å². The predicted molar refractivity (Wildman–Crippen MR) is 64.8 cm³/mol. The van der Waals surface area contributed by atoms with Crippen LogP contribution in [0, 0.1) is 11.7 Å². The van der Waals surface area contributed by atoms with Gasteiger partial charge < -0.3 is 10.4 Å². The zero-order valence-corrected chi connectivity index (χ0v) is 10.5. The molecule has 16 heavy (non-hydrogen) atoms. The second kappa shape index (κ2) is 5.25. The summed E-state index contributed by atoms with van der Waals surface area (Å²) in [5.41, 5.74) is 0.924. The molecule has 0 radical (unpaired) electrons. The Bertz CT molecular complexity index is 372. The van der Waals surface area contributed by atoms with Crippen LogP contribution in [0.5, 0.6) is 0 Å². The highest BCUT2D eigenvalue weighted by atomic mass is 79.9. The third kappa shape index (κ3) is 2.62. The number of piperidine rings is 1. The van der Waals surface area contributed by atoms with E-state index in [9.17, 15) is 9.50 Å². The van der Waals surface area contributed by atoms with E-state index in [-0.39, 0.29) is 17.8 Å². The van der Waals surface area contributed by atoms with Gasteiger partial charge in [-0.25, -0.2) is 4.39 Å². The van der Waals surface area contributed by atoms with Crippen molar-refractivity contribution in [2.45, 2.75) is 18.9 Å². The van der Waals surface area contributed by atoms with Crippen molar-refractivity contribution >= 4 is 15.9 Å². The Morgan fingerprint density at radius 2 is 2.31 bits per heavy atom. The molecule has 1 aliphatic rings. The predicted octanol–water partition coefficient (Wildman–Crippen LogP) is 2.10. The van der Waals surface area contributed by atoms with Gasteiger partial charge in [0.15, 0.2) is 0 Å². The average Bonchev–Trinajstić information content (AvgIpc) is 2.28. The number of halogens is 2. The van der Waals surface area contributed by atoms with Gasteiger partial charge in [0, 0.05) is 12.5 Å². The van der Waals surface area contributed by atoms with Gasteiger partial charge in [-0.3, -0.25) is 0 Å². The zero-order chi connectivity index (χ0) is 11.5. The van der Waals surface area contributed by atoms with Crippen molar-refractivity contribution in [1.82, 2.24) is 5.32 Å². The van der Waals surface area contributed by atoms with Gasteiger partial charge in [-0.05, 0) is 46.9 Å². The first kappa shape index (κ1) is 12.0. The first-order valence-electron chi connectivity index (χ1n) is 5.50. The number of rotatable bonds is 2. The van der Waals surface area contributed by atoms with Crippen molar-refractivity contribution in [2.75, 3.05) is 13.1 Å². The lowest BCUT2D eigenvalue weighted by Crippen LogP contribution is -2.40. The van der Waals surface area contributed by atoms with Crippen molar-refractivity contribution in [2.24, 2.45) is 5.92 Å². The molecule has 1 saturated heterocycles. The molecule has 0 aromatic heterocycles. The van der Waals surface area contributed by atoms with Gasteiger partial charge in [0.2, 0.25) is 0 Å². The molecule has 0 bridgehead atoms. The minimum Gasteiger partial charge on any atom is -0.393 e. The number of aliphatic hydroxyl groups excluding tert-OH is 1. The normalized spacial score (nSPS) is 25.7. The summed E-state index contributed by atoms with van der Waals surface area (Å²) in [5, 5.41) is 13.1. The van der Waals surface area contributed by atoms with E-state index in [1.165, 1.54) is 6.07 Å². The summed E-state index contributed by atoms with van der Waals surface area (Å²) in [4.78, 5) is 0. The molecule has 2 rings (SSSR count). The molecule has 1 heterocycles. The molecule has 0 spiro atoms. The fourth-order valence-corrected chi connectivity index (χ4v) is 2.53. The lowest BCUT2D eigenvalue weighted by Gasteiger charge is -2.28. The molecule has 1 aliphatic heterocycles. The van der Waals surface area contributed by atoms with Gasteiger partial charge in [0.25, 0.3) is 0 Å². The van der Waals surface area contributed by atoms with Crippen LogP contribution in [0.4, 0.5) is 4.39 Å². The summed E-state index contributed by atoms with van der Waals surface area (Å²) in [6, 6.07) is 5.04. The molecule has 1 aromatic rings. The minimum absolute atomic E-state index is 0.173. The van der Waals surface area contributed by atoms with Gasteiger partial charge in [0.05, 0.1) is 10.6 Å². The third-order valence-electron chi connectivity index (χ3n) is 3.08. The molecule has 0 aliphatic carbocycles. The number of hydrogen-bond donors (Lipinski definition) is 2. The van der Waals surface area contributed by atoms with Crippen LogP contribution in [0.25, 0.3) is 0 Å². The summed E-state index contributed by atoms with van der Waals surface area (Å²) in [6.07, 6.45) is 1.20. The van der Waals surface area contributed by atoms with Gasteiger partial charge in [-0.2, -0.15) is 0 Å². The van der Waals surface area contributed by atoms with E-state index < -0.39 is 0 Å². The molecular weight excluding hydrogens is 273 g/mol. The summed E-state index contributed by atoms with van der Waals surface area (Å²) in [6.45, 7) is 1.66. The van der Waals surface area contributed by atoms with Crippen molar-refractivity contribution in [3.63, 3.8) is 0 Å². The smallest absolute Gasteiger partial charge is 0.137 e. The molecule has 1 aromatic carbocycles. The Morgan fingerprint density at radius 1 is 1.50 bits per heavy atom. The molecule has 1 fully saturated rings. The topological polar surface area (TPSA) is 32.3 Å². The lowest BCUT2D eigenvalue weighted by atomic mass is 9.90. The van der Waals surface area contributed by atoms with Crippen LogP contribution in [0.15, 0.2) is 22.7 Å². The van der Waals surface area contributed by atoms with E-state index in [4.69, 9.17) is 0 Å². The highest BCUT2D eigenvalue weighted by Gasteiger charge is 2.23. The number of nitrogens with one attached hydrogen (secondary N) is 1. The fourth-order valence-electron chi connectivity index (χ4n) is 2.11. The van der Waals surface area contributed by atoms with Crippen LogP contribution < -0.4 is 5.32 Å². The summed E-state index contributed by atoms with van der Waals surface area (Å²) in [7, 11) is 0. The number of benzene rings is 1. The van der Waals surface area contributed by atoms with Crippen LogP contribution in [-0.4, -0.2) is 24.3 Å². The molecule has 2 unspecified atom stereocenters. The Balaban J connectivity index is 2.10. The molecule has 2 nitrogen and oxygen atoms in total. The number of hydrogen-bond acceptors (Lipinski definition) is 2. The maximum absolute atomic E-state index is 13.3. The first-order chi connectivity index (χ1) is 7.68. The first-order valence-corrected chi connectivity index (χ1v) is 6.29. The number of aliphatic hydroxyl groups is 1. The van der Waals surface area contributed by atoms with E-state index in [1.807, 2.05) is 6.07 Å². The average molecular weight is 288 g/mol. The fraction of sp³-hybridized carbons (Fsp3) is 0.500. The van der Waals surface area contributed by atoms with Crippen molar-refractivity contribution in [1.29, 1.82) is 0 Å². The summed E-state index contributed by atoms with van der Waals surface area (Å²) < 4.78 is 13.8. The largest absolute Gasteiger partial charge is 0.393 e. The van der Waals surface area contributed by atoms with Crippen LogP contribution in [0.1, 0.15) is 12.0 Å². The van der Waals surface area contributed by atoms with E-state index in [2.05, 4.69) is 21.2 Å². The third-order valence-corrected chi connectivity index (χ3v) is 3.97. The van der Waals surface area contributed by atoms with E-state index in [0.717, 1.165) is 25.1 Å². The molecule has 4 heteroatoms. The van der Waals surface area contributed by atoms with Crippen LogP contribution in [0.3, 0.4) is 0 Å². The highest BCUT2D eigenvalue weighted by Crippen LogP contribution is 2.25. The van der Waals surface area contributed by atoms with Gasteiger partial charge in [-0.1, -0.05) is 12.1 Å². The minimum atomic E-state index is -0.281. The van der Waals surface area contributed by atoms with Crippen molar-refractivity contribution in [3.05, 3.63) is 34.1 Å². The van der Waals surface area contributed by atoms with E-state index >= 15 is 0 Å². The molecular formula is C12H15BrFNO. The van der Waals surface area contributed by atoms with Gasteiger partial charge in [-0.15, -0.1) is 0 Å². The molecule has 2 atom stereocenters. The Kier molecular flexibility index (Phi) is 3.95. The summed E-state index contributed by atoms with van der Waals surface area (Å²) >= 11 is 3.25. The second-order valence-corrected chi connectivity index (χ2v) is 5.03. The second-order valence-electron chi connectivity index (χ2n) is 4.24. The van der Waals surface area contributed by atoms with Crippen molar-refractivity contribution < 1.29 is 9.50 Å². The monoisotopic (exact) mass is 287 g/mol.